The Morgan fingerprint density at radius 2 is 2.07 bits per heavy atom. The Morgan fingerprint density at radius 3 is 2.73 bits per heavy atom. The van der Waals surface area contributed by atoms with Crippen LogP contribution in [0, 0.1) is 6.92 Å². The van der Waals surface area contributed by atoms with Gasteiger partial charge in [-0.05, 0) is 18.6 Å². The van der Waals surface area contributed by atoms with Crippen LogP contribution in [0.2, 0.25) is 5.02 Å². The molecular formula is C9H8ClN3O2. The molecule has 2 rings (SSSR count). The summed E-state index contributed by atoms with van der Waals surface area (Å²) in [5.41, 5.74) is 0.00600. The highest BCUT2D eigenvalue weighted by atomic mass is 35.5. The molecule has 0 aliphatic rings. The van der Waals surface area contributed by atoms with Crippen molar-refractivity contribution in [3.05, 3.63) is 43.4 Å². The fourth-order valence-electron chi connectivity index (χ4n) is 1.48. The first kappa shape index (κ1) is 9.79. The zero-order valence-electron chi connectivity index (χ0n) is 7.87. The summed E-state index contributed by atoms with van der Waals surface area (Å²) in [5, 5.41) is 0.354. The van der Waals surface area contributed by atoms with Gasteiger partial charge in [-0.25, -0.2) is 4.68 Å². The molecule has 0 atom stereocenters. The minimum Gasteiger partial charge on any atom is -0.336 e. The van der Waals surface area contributed by atoms with Gasteiger partial charge in [0.25, 0.3) is 0 Å². The van der Waals surface area contributed by atoms with Crippen molar-refractivity contribution in [3.63, 3.8) is 0 Å². The fourth-order valence-corrected chi connectivity index (χ4v) is 1.68. The molecule has 0 saturated carbocycles. The summed E-state index contributed by atoms with van der Waals surface area (Å²) in [6.07, 6.45) is 0. The number of benzene rings is 1. The average Bonchev–Trinajstić information content (AvgIpc) is 2.20. The van der Waals surface area contributed by atoms with E-state index >= 15 is 0 Å². The van der Waals surface area contributed by atoms with Gasteiger partial charge in [0.05, 0.1) is 16.1 Å². The lowest BCUT2D eigenvalue weighted by molar-refractivity contribution is 0.937. The normalized spacial score (nSPS) is 10.8. The van der Waals surface area contributed by atoms with E-state index in [1.807, 2.05) is 0 Å². The van der Waals surface area contributed by atoms with Crippen LogP contribution in [0.3, 0.4) is 0 Å². The van der Waals surface area contributed by atoms with E-state index in [9.17, 15) is 9.59 Å². The van der Waals surface area contributed by atoms with Crippen LogP contribution >= 0.6 is 11.6 Å². The molecule has 0 aliphatic carbocycles. The number of nitrogen functional groups attached to an aromatic ring is 1. The monoisotopic (exact) mass is 225 g/mol. The van der Waals surface area contributed by atoms with Crippen LogP contribution < -0.4 is 17.0 Å². The Labute approximate surface area is 89.1 Å². The third kappa shape index (κ3) is 1.32. The van der Waals surface area contributed by atoms with Crippen LogP contribution in [0.15, 0.2) is 21.7 Å². The van der Waals surface area contributed by atoms with Gasteiger partial charge in [-0.1, -0.05) is 17.7 Å². The van der Waals surface area contributed by atoms with Crippen molar-refractivity contribution < 1.29 is 0 Å². The van der Waals surface area contributed by atoms with E-state index in [1.165, 1.54) is 0 Å². The predicted molar refractivity (Wildman–Crippen MR) is 58.7 cm³/mol. The number of nitrogens with one attached hydrogen (secondary N) is 1. The van der Waals surface area contributed by atoms with Crippen molar-refractivity contribution in [2.45, 2.75) is 6.92 Å². The molecule has 1 aromatic heterocycles. The molecule has 78 valence electrons. The number of halogens is 1. The summed E-state index contributed by atoms with van der Waals surface area (Å²) in [4.78, 5) is 24.9. The second-order valence-electron chi connectivity index (χ2n) is 3.22. The third-order valence-electron chi connectivity index (χ3n) is 2.22. The second-order valence-corrected chi connectivity index (χ2v) is 3.62. The number of H-pyrrole nitrogens is 1. The molecule has 0 spiro atoms. The van der Waals surface area contributed by atoms with Gasteiger partial charge >= 0.3 is 11.1 Å². The summed E-state index contributed by atoms with van der Waals surface area (Å²) in [6, 6.07) is 3.37. The smallest absolute Gasteiger partial charge is 0.334 e. The van der Waals surface area contributed by atoms with E-state index in [-0.39, 0.29) is 0 Å². The summed E-state index contributed by atoms with van der Waals surface area (Å²) in [6.45, 7) is 1.78. The van der Waals surface area contributed by atoms with E-state index in [0.29, 0.717) is 16.1 Å². The van der Waals surface area contributed by atoms with Crippen molar-refractivity contribution in [1.82, 2.24) is 9.66 Å². The number of nitrogens with zero attached hydrogens (tertiary/aromatic N) is 1. The molecule has 0 unspecified atom stereocenters. The largest absolute Gasteiger partial charge is 0.336 e. The highest BCUT2D eigenvalue weighted by Gasteiger charge is 2.09. The van der Waals surface area contributed by atoms with Gasteiger partial charge < -0.3 is 10.8 Å². The molecule has 0 radical (unpaired) electrons. The number of aromatic amines is 1. The molecule has 1 heterocycles. The Morgan fingerprint density at radius 1 is 1.40 bits per heavy atom. The predicted octanol–water partition coefficient (Wildman–Crippen LogP) is 0.365. The van der Waals surface area contributed by atoms with Crippen LogP contribution in [-0.2, 0) is 0 Å². The molecule has 2 aromatic rings. The summed E-state index contributed by atoms with van der Waals surface area (Å²) >= 11 is 5.88. The average molecular weight is 226 g/mol. The quantitative estimate of drug-likeness (QED) is 0.502. The van der Waals surface area contributed by atoms with Gasteiger partial charge in [0.1, 0.15) is 0 Å². The summed E-state index contributed by atoms with van der Waals surface area (Å²) in [5.74, 6) is 5.51. The number of fused-ring (bicyclic) bond motifs is 1. The lowest BCUT2D eigenvalue weighted by atomic mass is 10.2. The van der Waals surface area contributed by atoms with Gasteiger partial charge in [-0.2, -0.15) is 0 Å². The first-order valence-electron chi connectivity index (χ1n) is 4.21. The zero-order chi connectivity index (χ0) is 11.2. The molecule has 0 aliphatic heterocycles. The molecule has 0 bridgehead atoms. The number of nitrogens with two attached hydrogens (primary N) is 1. The number of hydrogen-bond acceptors (Lipinski definition) is 3. The summed E-state index contributed by atoms with van der Waals surface area (Å²) < 4.78 is 0.815. The minimum absolute atomic E-state index is 0.354. The third-order valence-corrected chi connectivity index (χ3v) is 2.54. The number of aromatic nitrogens is 2. The topological polar surface area (TPSA) is 80.9 Å². The Balaban J connectivity index is 3.19. The van der Waals surface area contributed by atoms with E-state index in [2.05, 4.69) is 4.98 Å². The molecular weight excluding hydrogens is 218 g/mol. The molecule has 0 saturated heterocycles. The Kier molecular flexibility index (Phi) is 2.04. The van der Waals surface area contributed by atoms with Crippen LogP contribution in [0.5, 0.6) is 0 Å². The van der Waals surface area contributed by atoms with Crippen molar-refractivity contribution >= 4 is 22.6 Å². The molecule has 15 heavy (non-hydrogen) atoms. The minimum atomic E-state index is -0.798. The van der Waals surface area contributed by atoms with E-state index in [0.717, 1.165) is 10.2 Å². The van der Waals surface area contributed by atoms with Gasteiger partial charge in [0.15, 0.2) is 0 Å². The van der Waals surface area contributed by atoms with Crippen molar-refractivity contribution in [1.29, 1.82) is 0 Å². The van der Waals surface area contributed by atoms with E-state index < -0.39 is 11.1 Å². The van der Waals surface area contributed by atoms with E-state index in [1.54, 1.807) is 19.1 Å². The molecule has 0 fully saturated rings. The Hall–Kier alpha value is -1.75. The summed E-state index contributed by atoms with van der Waals surface area (Å²) in [7, 11) is 0. The molecule has 6 heteroatoms. The maximum Gasteiger partial charge on any atom is 0.334 e. The molecule has 5 nitrogen and oxygen atoms in total. The highest BCUT2D eigenvalue weighted by molar-refractivity contribution is 6.35. The second kappa shape index (κ2) is 3.13. The first-order chi connectivity index (χ1) is 7.02. The van der Waals surface area contributed by atoms with Crippen molar-refractivity contribution in [2.75, 3.05) is 5.84 Å². The van der Waals surface area contributed by atoms with Gasteiger partial charge in [0.2, 0.25) is 0 Å². The van der Waals surface area contributed by atoms with Crippen molar-refractivity contribution in [2.24, 2.45) is 0 Å². The standard InChI is InChI=1S/C9H8ClN3O2/c1-4-2-3-5(10)6-7(4)13(11)9(15)8(14)12-6/h2-3H,11H2,1H3,(H,12,14). The lowest BCUT2D eigenvalue weighted by Crippen LogP contribution is -2.40. The van der Waals surface area contributed by atoms with Crippen LogP contribution in [0.25, 0.3) is 11.0 Å². The van der Waals surface area contributed by atoms with E-state index in [4.69, 9.17) is 17.4 Å². The molecule has 3 N–H and O–H groups in total. The molecule has 0 amide bonds. The van der Waals surface area contributed by atoms with Crippen molar-refractivity contribution in [3.8, 4) is 0 Å². The van der Waals surface area contributed by atoms with Gasteiger partial charge in [0, 0.05) is 0 Å². The maximum atomic E-state index is 11.3. The van der Waals surface area contributed by atoms with Crippen LogP contribution in [0.4, 0.5) is 0 Å². The zero-order valence-corrected chi connectivity index (χ0v) is 8.63. The Bertz CT molecular complexity index is 657. The lowest BCUT2D eigenvalue weighted by Gasteiger charge is -2.07. The number of rotatable bonds is 0. The number of hydrogen-bond donors (Lipinski definition) is 2. The highest BCUT2D eigenvalue weighted by Crippen LogP contribution is 2.21. The maximum absolute atomic E-state index is 11.3. The fraction of sp³-hybridized carbons (Fsp3) is 0.111. The SMILES string of the molecule is Cc1ccc(Cl)c2[nH]c(=O)c(=O)n(N)c12. The van der Waals surface area contributed by atoms with Crippen LogP contribution in [0.1, 0.15) is 5.56 Å². The van der Waals surface area contributed by atoms with Gasteiger partial charge in [-0.3, -0.25) is 9.59 Å². The number of aryl methyl sites for hydroxylation is 1. The first-order valence-corrected chi connectivity index (χ1v) is 4.59. The van der Waals surface area contributed by atoms with Crippen LogP contribution in [-0.4, -0.2) is 9.66 Å². The molecule has 1 aromatic carbocycles. The van der Waals surface area contributed by atoms with Gasteiger partial charge in [-0.15, -0.1) is 0 Å².